The van der Waals surface area contributed by atoms with Crippen LogP contribution in [0.15, 0.2) is 30.9 Å². The van der Waals surface area contributed by atoms with Crippen molar-refractivity contribution in [3.8, 4) is 0 Å². The molecule has 0 fully saturated rings. The summed E-state index contributed by atoms with van der Waals surface area (Å²) in [5.41, 5.74) is 0.00401. The summed E-state index contributed by atoms with van der Waals surface area (Å²) in [5, 5.41) is 14.1. The summed E-state index contributed by atoms with van der Waals surface area (Å²) in [6.45, 7) is 5.26. The van der Waals surface area contributed by atoms with Gasteiger partial charge in [0.2, 0.25) is 0 Å². The van der Waals surface area contributed by atoms with Gasteiger partial charge >= 0.3 is 12.0 Å². The number of urea groups is 1. The van der Waals surface area contributed by atoms with Gasteiger partial charge in [0.1, 0.15) is 5.56 Å². The zero-order valence-electron chi connectivity index (χ0n) is 9.74. The second-order valence-corrected chi connectivity index (χ2v) is 4.00. The van der Waals surface area contributed by atoms with Gasteiger partial charge in [0.05, 0.1) is 10.7 Å². The third-order valence-electron chi connectivity index (χ3n) is 2.19. The summed E-state index contributed by atoms with van der Waals surface area (Å²) in [5.74, 6) is -1.20. The first-order chi connectivity index (χ1) is 8.45. The molecule has 0 aliphatic rings. The molecule has 0 radical (unpaired) electrons. The lowest BCUT2D eigenvalue weighted by Gasteiger charge is -2.12. The minimum Gasteiger partial charge on any atom is -0.478 e. The number of amides is 2. The van der Waals surface area contributed by atoms with Gasteiger partial charge in [0.25, 0.3) is 0 Å². The lowest BCUT2D eigenvalue weighted by Crippen LogP contribution is -2.35. The molecule has 1 aromatic carbocycles. The Hall–Kier alpha value is -2.01. The average Bonchev–Trinajstić information content (AvgIpc) is 2.28. The molecule has 1 aromatic rings. The van der Waals surface area contributed by atoms with Gasteiger partial charge in [-0.1, -0.05) is 23.7 Å². The molecule has 5 nitrogen and oxygen atoms in total. The van der Waals surface area contributed by atoms with Crippen molar-refractivity contribution in [1.29, 1.82) is 0 Å². The monoisotopic (exact) mass is 268 g/mol. The minimum atomic E-state index is -1.20. The molecule has 0 aromatic heterocycles. The Bertz CT molecular complexity index is 488. The number of carbonyl (C=O) groups excluding carboxylic acids is 1. The fraction of sp³-hybridized carbons (Fsp3) is 0.167. The molecular formula is C12H13ClN2O3. The van der Waals surface area contributed by atoms with Crippen LogP contribution in [0.25, 0.3) is 0 Å². The van der Waals surface area contributed by atoms with Gasteiger partial charge in [0.15, 0.2) is 0 Å². The molecule has 0 spiro atoms. The molecule has 1 atom stereocenters. The highest BCUT2D eigenvalue weighted by Crippen LogP contribution is 2.24. The van der Waals surface area contributed by atoms with Crippen LogP contribution in [0.1, 0.15) is 17.3 Å². The van der Waals surface area contributed by atoms with Gasteiger partial charge in [-0.15, -0.1) is 6.58 Å². The Morgan fingerprint density at radius 2 is 2.17 bits per heavy atom. The number of carboxylic acids is 1. The zero-order valence-corrected chi connectivity index (χ0v) is 10.5. The first-order valence-corrected chi connectivity index (χ1v) is 5.55. The van der Waals surface area contributed by atoms with Gasteiger partial charge in [-0.05, 0) is 19.1 Å². The lowest BCUT2D eigenvalue weighted by molar-refractivity contribution is 0.0698. The molecule has 0 heterocycles. The van der Waals surface area contributed by atoms with E-state index in [1.165, 1.54) is 12.1 Å². The highest BCUT2D eigenvalue weighted by molar-refractivity contribution is 6.34. The van der Waals surface area contributed by atoms with Gasteiger partial charge in [-0.3, -0.25) is 0 Å². The molecule has 1 unspecified atom stereocenters. The second kappa shape index (κ2) is 6.07. The lowest BCUT2D eigenvalue weighted by atomic mass is 10.2. The molecule has 0 saturated heterocycles. The van der Waals surface area contributed by atoms with Crippen molar-refractivity contribution >= 4 is 29.3 Å². The SMILES string of the molecule is C=CC(C)NC(=O)Nc1cccc(Cl)c1C(=O)O. The topological polar surface area (TPSA) is 78.4 Å². The van der Waals surface area contributed by atoms with Crippen LogP contribution in [0.4, 0.5) is 10.5 Å². The maximum absolute atomic E-state index is 11.6. The quantitative estimate of drug-likeness (QED) is 0.735. The minimum absolute atomic E-state index is 0.0667. The fourth-order valence-corrected chi connectivity index (χ4v) is 1.53. The van der Waals surface area contributed by atoms with E-state index >= 15 is 0 Å². The first kappa shape index (κ1) is 14.1. The number of rotatable bonds is 4. The molecule has 3 N–H and O–H groups in total. The smallest absolute Gasteiger partial charge is 0.339 e. The molecule has 96 valence electrons. The number of anilines is 1. The van der Waals surface area contributed by atoms with E-state index < -0.39 is 12.0 Å². The Kier molecular flexibility index (Phi) is 4.74. The summed E-state index contributed by atoms with van der Waals surface area (Å²) >= 11 is 5.77. The molecule has 18 heavy (non-hydrogen) atoms. The Labute approximate surface area is 109 Å². The van der Waals surface area contributed by atoms with E-state index in [2.05, 4.69) is 17.2 Å². The van der Waals surface area contributed by atoms with Crippen molar-refractivity contribution in [2.75, 3.05) is 5.32 Å². The average molecular weight is 269 g/mol. The second-order valence-electron chi connectivity index (χ2n) is 3.59. The number of carboxylic acid groups (broad SMARTS) is 1. The Morgan fingerprint density at radius 3 is 2.72 bits per heavy atom. The van der Waals surface area contributed by atoms with E-state index in [-0.39, 0.29) is 22.3 Å². The zero-order chi connectivity index (χ0) is 13.7. The maximum atomic E-state index is 11.6. The van der Waals surface area contributed by atoms with Crippen molar-refractivity contribution < 1.29 is 14.7 Å². The van der Waals surface area contributed by atoms with E-state index in [4.69, 9.17) is 16.7 Å². The summed E-state index contributed by atoms with van der Waals surface area (Å²) in [6, 6.07) is 3.72. The largest absolute Gasteiger partial charge is 0.478 e. The predicted molar refractivity (Wildman–Crippen MR) is 70.2 cm³/mol. The van der Waals surface area contributed by atoms with Crippen LogP contribution in [0.3, 0.4) is 0 Å². The highest BCUT2D eigenvalue weighted by Gasteiger charge is 2.16. The van der Waals surface area contributed by atoms with E-state index in [0.29, 0.717) is 0 Å². The predicted octanol–water partition coefficient (Wildman–Crippen LogP) is 2.73. The summed E-state index contributed by atoms with van der Waals surface area (Å²) in [4.78, 5) is 22.6. The van der Waals surface area contributed by atoms with Crippen molar-refractivity contribution in [1.82, 2.24) is 5.32 Å². The molecule has 0 aliphatic heterocycles. The molecule has 6 heteroatoms. The number of benzene rings is 1. The van der Waals surface area contributed by atoms with E-state index in [1.54, 1.807) is 19.1 Å². The highest BCUT2D eigenvalue weighted by atomic mass is 35.5. The van der Waals surface area contributed by atoms with Gasteiger partial charge in [-0.2, -0.15) is 0 Å². The van der Waals surface area contributed by atoms with Crippen molar-refractivity contribution in [2.45, 2.75) is 13.0 Å². The van der Waals surface area contributed by atoms with Crippen LogP contribution < -0.4 is 10.6 Å². The number of hydrogen-bond acceptors (Lipinski definition) is 2. The van der Waals surface area contributed by atoms with E-state index in [1.807, 2.05) is 0 Å². The van der Waals surface area contributed by atoms with Crippen LogP contribution in [-0.2, 0) is 0 Å². The molecule has 1 rings (SSSR count). The van der Waals surface area contributed by atoms with Gasteiger partial charge < -0.3 is 15.7 Å². The van der Waals surface area contributed by atoms with E-state index in [9.17, 15) is 9.59 Å². The number of hydrogen-bond donors (Lipinski definition) is 3. The van der Waals surface area contributed by atoms with Crippen LogP contribution in [0.2, 0.25) is 5.02 Å². The number of carbonyl (C=O) groups is 2. The first-order valence-electron chi connectivity index (χ1n) is 5.17. The van der Waals surface area contributed by atoms with Crippen LogP contribution in [0.5, 0.6) is 0 Å². The van der Waals surface area contributed by atoms with Crippen molar-refractivity contribution in [2.24, 2.45) is 0 Å². The third-order valence-corrected chi connectivity index (χ3v) is 2.50. The van der Waals surface area contributed by atoms with Gasteiger partial charge in [0, 0.05) is 6.04 Å². The van der Waals surface area contributed by atoms with Crippen LogP contribution in [0, 0.1) is 0 Å². The third kappa shape index (κ3) is 3.49. The molecule has 0 saturated carbocycles. The molecule has 2 amide bonds. The summed E-state index contributed by atoms with van der Waals surface area (Å²) in [7, 11) is 0. The normalized spacial score (nSPS) is 11.4. The fourth-order valence-electron chi connectivity index (χ4n) is 1.27. The number of halogens is 1. The van der Waals surface area contributed by atoms with Crippen LogP contribution in [-0.4, -0.2) is 23.1 Å². The standard InChI is InChI=1S/C12H13ClN2O3/c1-3-7(2)14-12(18)15-9-6-4-5-8(13)10(9)11(16)17/h3-7H,1H2,2H3,(H,16,17)(H2,14,15,18). The molecular weight excluding hydrogens is 256 g/mol. The summed E-state index contributed by atoms with van der Waals surface area (Å²) < 4.78 is 0. The molecule has 0 bridgehead atoms. The Morgan fingerprint density at radius 1 is 1.50 bits per heavy atom. The summed E-state index contributed by atoms with van der Waals surface area (Å²) in [6.07, 6.45) is 1.55. The van der Waals surface area contributed by atoms with Gasteiger partial charge in [-0.25, -0.2) is 9.59 Å². The number of nitrogens with one attached hydrogen (secondary N) is 2. The van der Waals surface area contributed by atoms with Crippen molar-refractivity contribution in [3.63, 3.8) is 0 Å². The Balaban J connectivity index is 2.91. The molecule has 0 aliphatic carbocycles. The maximum Gasteiger partial charge on any atom is 0.339 e. The van der Waals surface area contributed by atoms with E-state index in [0.717, 1.165) is 0 Å². The number of aromatic carboxylic acids is 1. The van der Waals surface area contributed by atoms with Crippen LogP contribution >= 0.6 is 11.6 Å². The van der Waals surface area contributed by atoms with Crippen molar-refractivity contribution in [3.05, 3.63) is 41.4 Å².